The molecule has 0 radical (unpaired) electrons. The molecule has 1 unspecified atom stereocenters. The van der Waals surface area contributed by atoms with E-state index < -0.39 is 0 Å². The van der Waals surface area contributed by atoms with Gasteiger partial charge in [0, 0.05) is 36.8 Å². The highest BCUT2D eigenvalue weighted by atomic mass is 16.5. The number of carbonyl (C=O) groups excluding carboxylic acids is 1. The normalized spacial score (nSPS) is 25.0. The number of piperidine rings is 3. The number of para-hydroxylation sites is 1. The van der Waals surface area contributed by atoms with Crippen LogP contribution < -0.4 is 5.32 Å². The monoisotopic (exact) mass is 441 g/mol. The third kappa shape index (κ3) is 4.19. The first-order valence-corrected chi connectivity index (χ1v) is 11.8. The van der Waals surface area contributed by atoms with Crippen molar-refractivity contribution in [3.05, 3.63) is 90.1 Å². The molecule has 5 nitrogen and oxygen atoms in total. The summed E-state index contributed by atoms with van der Waals surface area (Å²) in [4.78, 5) is 20.7. The zero-order valence-corrected chi connectivity index (χ0v) is 19.1. The molecule has 1 amide bonds. The van der Waals surface area contributed by atoms with Crippen molar-refractivity contribution in [2.75, 3.05) is 20.2 Å². The minimum absolute atomic E-state index is 0.0588. The summed E-state index contributed by atoms with van der Waals surface area (Å²) in [7, 11) is 1.66. The van der Waals surface area contributed by atoms with Crippen LogP contribution in [0.3, 0.4) is 0 Å². The van der Waals surface area contributed by atoms with Crippen molar-refractivity contribution in [1.29, 1.82) is 0 Å². The summed E-state index contributed by atoms with van der Waals surface area (Å²) in [5.74, 6) is 1.09. The van der Waals surface area contributed by atoms with Gasteiger partial charge in [-0.3, -0.25) is 14.7 Å². The highest BCUT2D eigenvalue weighted by molar-refractivity contribution is 5.96. The molecule has 5 heteroatoms. The van der Waals surface area contributed by atoms with Crippen LogP contribution in [0.2, 0.25) is 0 Å². The number of aromatic nitrogens is 1. The molecule has 0 saturated carbocycles. The average molecular weight is 442 g/mol. The van der Waals surface area contributed by atoms with Gasteiger partial charge in [-0.15, -0.1) is 6.58 Å². The number of hydrogen-bond donors (Lipinski definition) is 1. The molecule has 6 rings (SSSR count). The number of benzene rings is 2. The molecular formula is C28H31N3O2. The van der Waals surface area contributed by atoms with Crippen molar-refractivity contribution in [1.82, 2.24) is 15.2 Å². The van der Waals surface area contributed by atoms with E-state index in [-0.39, 0.29) is 18.0 Å². The predicted molar refractivity (Wildman–Crippen MR) is 131 cm³/mol. The standard InChI is InChI=1S/C28H31N3O2/c1-3-19-17-31-15-13-20(19)16-26(31)27(24-12-14-29-25-11-7-6-10-23(24)25)30-28(32)22-9-5-4-8-21(22)18-33-2/h3-12,14,19-20,26-27H,1,13,15-18H2,2H3,(H,30,32)/t19-,20-,26+,27-/m0/s1. The Morgan fingerprint density at radius 3 is 2.85 bits per heavy atom. The van der Waals surface area contributed by atoms with Gasteiger partial charge in [0.1, 0.15) is 0 Å². The van der Waals surface area contributed by atoms with Crippen molar-refractivity contribution >= 4 is 16.8 Å². The van der Waals surface area contributed by atoms with Crippen molar-refractivity contribution in [2.45, 2.75) is 31.5 Å². The van der Waals surface area contributed by atoms with Gasteiger partial charge >= 0.3 is 0 Å². The minimum Gasteiger partial charge on any atom is -0.380 e. The molecule has 1 N–H and O–H groups in total. The molecule has 3 aliphatic heterocycles. The fraction of sp³-hybridized carbons (Fsp3) is 0.357. The maximum atomic E-state index is 13.6. The molecule has 2 aromatic carbocycles. The second kappa shape index (κ2) is 9.46. The zero-order chi connectivity index (χ0) is 22.8. The third-order valence-corrected chi connectivity index (χ3v) is 7.40. The maximum Gasteiger partial charge on any atom is 0.252 e. The van der Waals surface area contributed by atoms with Gasteiger partial charge in [-0.1, -0.05) is 42.5 Å². The number of methoxy groups -OCH3 is 1. The molecule has 3 aliphatic rings. The van der Waals surface area contributed by atoms with E-state index in [4.69, 9.17) is 4.74 Å². The molecule has 4 heterocycles. The molecule has 1 aromatic heterocycles. The summed E-state index contributed by atoms with van der Waals surface area (Å²) in [6.45, 7) is 6.55. The molecular weight excluding hydrogens is 410 g/mol. The van der Waals surface area contributed by atoms with Gasteiger partial charge < -0.3 is 10.1 Å². The molecule has 0 spiro atoms. The first-order valence-electron chi connectivity index (χ1n) is 11.8. The summed E-state index contributed by atoms with van der Waals surface area (Å²) in [5, 5.41) is 4.53. The van der Waals surface area contributed by atoms with Crippen LogP contribution in [0, 0.1) is 11.8 Å². The number of amides is 1. The van der Waals surface area contributed by atoms with Crippen molar-refractivity contribution < 1.29 is 9.53 Å². The van der Waals surface area contributed by atoms with Gasteiger partial charge in [0.05, 0.1) is 18.2 Å². The van der Waals surface area contributed by atoms with Crippen LogP contribution in [0.25, 0.3) is 10.9 Å². The molecule has 170 valence electrons. The highest BCUT2D eigenvalue weighted by Crippen LogP contribution is 2.42. The van der Waals surface area contributed by atoms with Crippen LogP contribution in [0.15, 0.2) is 73.4 Å². The maximum absolute atomic E-state index is 13.6. The van der Waals surface area contributed by atoms with E-state index in [1.807, 2.05) is 48.7 Å². The smallest absolute Gasteiger partial charge is 0.252 e. The zero-order valence-electron chi connectivity index (χ0n) is 19.1. The molecule has 5 atom stereocenters. The van der Waals surface area contributed by atoms with Crippen molar-refractivity contribution in [2.24, 2.45) is 11.8 Å². The quantitative estimate of drug-likeness (QED) is 0.538. The predicted octanol–water partition coefficient (Wildman–Crippen LogP) is 4.75. The number of pyridine rings is 1. The van der Waals surface area contributed by atoms with E-state index in [9.17, 15) is 4.79 Å². The van der Waals surface area contributed by atoms with E-state index in [1.165, 1.54) is 6.42 Å². The van der Waals surface area contributed by atoms with E-state index in [0.29, 0.717) is 24.0 Å². The first kappa shape index (κ1) is 21.8. The van der Waals surface area contributed by atoms with E-state index >= 15 is 0 Å². The summed E-state index contributed by atoms with van der Waals surface area (Å²) in [6, 6.07) is 18.1. The minimum atomic E-state index is -0.130. The Hall–Kier alpha value is -3.02. The summed E-state index contributed by atoms with van der Waals surface area (Å²) >= 11 is 0. The number of carbonyl (C=O) groups is 1. The van der Waals surface area contributed by atoms with Crippen LogP contribution in [0.4, 0.5) is 0 Å². The number of nitrogens with one attached hydrogen (secondary N) is 1. The lowest BCUT2D eigenvalue weighted by Gasteiger charge is -2.51. The van der Waals surface area contributed by atoms with Gasteiger partial charge in [0.2, 0.25) is 0 Å². The second-order valence-corrected chi connectivity index (χ2v) is 9.20. The Morgan fingerprint density at radius 1 is 1.24 bits per heavy atom. The highest BCUT2D eigenvalue weighted by Gasteiger charge is 2.43. The Morgan fingerprint density at radius 2 is 2.06 bits per heavy atom. The van der Waals surface area contributed by atoms with Crippen molar-refractivity contribution in [3.63, 3.8) is 0 Å². The van der Waals surface area contributed by atoms with Gasteiger partial charge in [-0.25, -0.2) is 0 Å². The van der Waals surface area contributed by atoms with Gasteiger partial charge in [0.25, 0.3) is 5.91 Å². The molecule has 3 aromatic rings. The van der Waals surface area contributed by atoms with Crippen LogP contribution in [-0.2, 0) is 11.3 Å². The molecule has 3 saturated heterocycles. The van der Waals surface area contributed by atoms with Crippen LogP contribution in [0.1, 0.15) is 40.4 Å². The molecule has 2 bridgehead atoms. The topological polar surface area (TPSA) is 54.5 Å². The Kier molecular flexibility index (Phi) is 6.25. The summed E-state index contributed by atoms with van der Waals surface area (Å²) in [6.07, 6.45) is 6.22. The lowest BCUT2D eigenvalue weighted by Crippen LogP contribution is -2.57. The molecule has 0 aliphatic carbocycles. The third-order valence-electron chi connectivity index (χ3n) is 7.40. The first-order chi connectivity index (χ1) is 16.2. The summed E-state index contributed by atoms with van der Waals surface area (Å²) < 4.78 is 5.34. The Labute approximate surface area is 195 Å². The molecule has 33 heavy (non-hydrogen) atoms. The van der Waals surface area contributed by atoms with E-state index in [1.54, 1.807) is 7.11 Å². The Bertz CT molecular complexity index is 1160. The van der Waals surface area contributed by atoms with E-state index in [2.05, 4.69) is 40.0 Å². The lowest BCUT2D eigenvalue weighted by molar-refractivity contribution is 0.00169. The number of nitrogens with zero attached hydrogens (tertiary/aromatic N) is 2. The largest absolute Gasteiger partial charge is 0.380 e. The fourth-order valence-corrected chi connectivity index (χ4v) is 5.74. The van der Waals surface area contributed by atoms with E-state index in [0.717, 1.165) is 41.5 Å². The van der Waals surface area contributed by atoms with Crippen LogP contribution in [-0.4, -0.2) is 42.0 Å². The number of fused-ring (bicyclic) bond motifs is 4. The number of ether oxygens (including phenoxy) is 1. The van der Waals surface area contributed by atoms with Crippen LogP contribution >= 0.6 is 0 Å². The fourth-order valence-electron chi connectivity index (χ4n) is 5.74. The number of rotatable bonds is 7. The van der Waals surface area contributed by atoms with Gasteiger partial charge in [0.15, 0.2) is 0 Å². The SMILES string of the molecule is C=C[C@H]1CN2CC[C@H]1C[C@@H]2[C@@H](NC(=O)c1ccccc1COC)c1ccnc2ccccc12. The van der Waals surface area contributed by atoms with Crippen molar-refractivity contribution in [3.8, 4) is 0 Å². The lowest BCUT2D eigenvalue weighted by atomic mass is 9.73. The van der Waals surface area contributed by atoms with Crippen LogP contribution in [0.5, 0.6) is 0 Å². The van der Waals surface area contributed by atoms with Gasteiger partial charge in [-0.05, 0) is 60.5 Å². The van der Waals surface area contributed by atoms with Gasteiger partial charge in [-0.2, -0.15) is 0 Å². The second-order valence-electron chi connectivity index (χ2n) is 9.20. The number of hydrogen-bond acceptors (Lipinski definition) is 4. The molecule has 3 fully saturated rings. The Balaban J connectivity index is 1.54. The average Bonchev–Trinajstić information content (AvgIpc) is 2.87. The summed E-state index contributed by atoms with van der Waals surface area (Å²) in [5.41, 5.74) is 3.65.